The van der Waals surface area contributed by atoms with Crippen LogP contribution < -0.4 is 4.74 Å². The van der Waals surface area contributed by atoms with Crippen LogP contribution in [0.1, 0.15) is 16.7 Å². The third-order valence-electron chi connectivity index (χ3n) is 4.34. The first-order valence-corrected chi connectivity index (χ1v) is 9.79. The first-order valence-electron chi connectivity index (χ1n) is 9.41. The van der Waals surface area contributed by atoms with Crippen LogP contribution in [0.2, 0.25) is 5.02 Å². The van der Waals surface area contributed by atoms with E-state index in [1.807, 2.05) is 30.3 Å². The number of nitrogens with zero attached hydrogens (tertiary/aromatic N) is 1. The molecular weight excluding hydrogens is 414 g/mol. The quantitative estimate of drug-likeness (QED) is 0.313. The summed E-state index contributed by atoms with van der Waals surface area (Å²) in [6.07, 6.45) is 4.54. The molecule has 0 unspecified atom stereocenters. The molecule has 0 saturated carbocycles. The summed E-state index contributed by atoms with van der Waals surface area (Å²) in [5, 5.41) is 0.571. The van der Waals surface area contributed by atoms with Gasteiger partial charge in [0.1, 0.15) is 5.75 Å². The van der Waals surface area contributed by atoms with Crippen molar-refractivity contribution in [2.75, 3.05) is 0 Å². The number of esters is 2. The van der Waals surface area contributed by atoms with Crippen molar-refractivity contribution < 1.29 is 19.1 Å². The van der Waals surface area contributed by atoms with Crippen LogP contribution in [0, 0.1) is 0 Å². The molecule has 5 nitrogen and oxygen atoms in total. The minimum atomic E-state index is -0.588. The number of para-hydroxylation sites is 1. The number of halogens is 1. The van der Waals surface area contributed by atoms with Crippen molar-refractivity contribution in [1.29, 1.82) is 0 Å². The third-order valence-corrected chi connectivity index (χ3v) is 4.60. The van der Waals surface area contributed by atoms with Gasteiger partial charge in [0.15, 0.2) is 5.70 Å². The van der Waals surface area contributed by atoms with E-state index in [9.17, 15) is 9.59 Å². The Balaban J connectivity index is 1.55. The van der Waals surface area contributed by atoms with Crippen LogP contribution in [0.25, 0.3) is 12.2 Å². The standard InChI is InChI=1S/C25H16ClNO4/c26-20-13-11-18(12-14-20)24-27-21(25(29)31-24)16-19-8-4-5-9-22(19)30-23(28)15-10-17-6-2-1-3-7-17/h1-16H/b15-10+,21-16+. The number of hydrogen-bond donors (Lipinski definition) is 0. The molecule has 3 aromatic rings. The second-order valence-corrected chi connectivity index (χ2v) is 6.98. The average Bonchev–Trinajstić information content (AvgIpc) is 3.15. The van der Waals surface area contributed by atoms with Gasteiger partial charge >= 0.3 is 11.9 Å². The van der Waals surface area contributed by atoms with Gasteiger partial charge < -0.3 is 9.47 Å². The number of cyclic esters (lactones) is 1. The number of benzene rings is 3. The fraction of sp³-hybridized carbons (Fsp3) is 0. The zero-order valence-corrected chi connectivity index (χ0v) is 17.0. The third kappa shape index (κ3) is 5.15. The lowest BCUT2D eigenvalue weighted by Crippen LogP contribution is -2.06. The predicted octanol–water partition coefficient (Wildman–Crippen LogP) is 5.30. The molecule has 6 heteroatoms. The lowest BCUT2D eigenvalue weighted by Gasteiger charge is -2.05. The highest BCUT2D eigenvalue weighted by Gasteiger charge is 2.24. The molecule has 0 aliphatic carbocycles. The Morgan fingerprint density at radius 2 is 1.65 bits per heavy atom. The molecule has 0 radical (unpaired) electrons. The summed E-state index contributed by atoms with van der Waals surface area (Å²) < 4.78 is 10.7. The summed E-state index contributed by atoms with van der Waals surface area (Å²) in [4.78, 5) is 28.8. The summed E-state index contributed by atoms with van der Waals surface area (Å²) in [7, 11) is 0. The van der Waals surface area contributed by atoms with Crippen LogP contribution in [-0.4, -0.2) is 17.8 Å². The van der Waals surface area contributed by atoms with Gasteiger partial charge in [0.2, 0.25) is 5.90 Å². The smallest absolute Gasteiger partial charge is 0.363 e. The number of ether oxygens (including phenoxy) is 2. The van der Waals surface area contributed by atoms with E-state index in [0.717, 1.165) is 5.56 Å². The molecule has 0 atom stereocenters. The van der Waals surface area contributed by atoms with Gasteiger partial charge in [0.05, 0.1) is 0 Å². The highest BCUT2D eigenvalue weighted by atomic mass is 35.5. The SMILES string of the molecule is O=C(/C=C/c1ccccc1)Oc1ccccc1/C=C1/N=C(c2ccc(Cl)cc2)OC1=O. The van der Waals surface area contributed by atoms with Crippen molar-refractivity contribution in [1.82, 2.24) is 0 Å². The van der Waals surface area contributed by atoms with E-state index < -0.39 is 11.9 Å². The Morgan fingerprint density at radius 1 is 0.935 bits per heavy atom. The zero-order valence-electron chi connectivity index (χ0n) is 16.2. The van der Waals surface area contributed by atoms with Gasteiger partial charge in [0, 0.05) is 22.2 Å². The van der Waals surface area contributed by atoms with Crippen LogP contribution in [-0.2, 0) is 14.3 Å². The summed E-state index contributed by atoms with van der Waals surface area (Å²) in [6, 6.07) is 23.1. The van der Waals surface area contributed by atoms with Gasteiger partial charge in [-0.25, -0.2) is 14.6 Å². The molecule has 0 saturated heterocycles. The predicted molar refractivity (Wildman–Crippen MR) is 120 cm³/mol. The topological polar surface area (TPSA) is 65.0 Å². The number of aliphatic imine (C=N–C) groups is 1. The summed E-state index contributed by atoms with van der Waals surface area (Å²) in [5.74, 6) is -0.627. The molecule has 3 aromatic carbocycles. The summed E-state index contributed by atoms with van der Waals surface area (Å²) >= 11 is 5.89. The molecule has 31 heavy (non-hydrogen) atoms. The fourth-order valence-corrected chi connectivity index (χ4v) is 2.96. The highest BCUT2D eigenvalue weighted by Crippen LogP contribution is 2.25. The van der Waals surface area contributed by atoms with Gasteiger partial charge in [-0.15, -0.1) is 0 Å². The fourth-order valence-electron chi connectivity index (χ4n) is 2.84. The number of rotatable bonds is 5. The molecule has 0 bridgehead atoms. The van der Waals surface area contributed by atoms with Crippen molar-refractivity contribution in [3.05, 3.63) is 112 Å². The second-order valence-electron chi connectivity index (χ2n) is 6.55. The Bertz CT molecular complexity index is 1210. The van der Waals surface area contributed by atoms with Crippen molar-refractivity contribution in [2.24, 2.45) is 4.99 Å². The van der Waals surface area contributed by atoms with Crippen LogP contribution >= 0.6 is 11.6 Å². The number of hydrogen-bond acceptors (Lipinski definition) is 5. The molecule has 1 heterocycles. The Morgan fingerprint density at radius 3 is 2.42 bits per heavy atom. The van der Waals surface area contributed by atoms with Crippen molar-refractivity contribution in [3.63, 3.8) is 0 Å². The van der Waals surface area contributed by atoms with Crippen LogP contribution in [0.4, 0.5) is 0 Å². The van der Waals surface area contributed by atoms with E-state index in [-0.39, 0.29) is 11.6 Å². The molecule has 152 valence electrons. The monoisotopic (exact) mass is 429 g/mol. The maximum Gasteiger partial charge on any atom is 0.363 e. The van der Waals surface area contributed by atoms with Crippen molar-refractivity contribution in [2.45, 2.75) is 0 Å². The molecule has 0 aromatic heterocycles. The molecule has 1 aliphatic rings. The lowest BCUT2D eigenvalue weighted by atomic mass is 10.1. The molecule has 0 N–H and O–H groups in total. The van der Waals surface area contributed by atoms with Crippen LogP contribution in [0.15, 0.2) is 95.6 Å². The normalized spacial score (nSPS) is 14.5. The largest absolute Gasteiger partial charge is 0.423 e. The van der Waals surface area contributed by atoms with Gasteiger partial charge in [-0.05, 0) is 48.0 Å². The van der Waals surface area contributed by atoms with Gasteiger partial charge in [-0.3, -0.25) is 0 Å². The van der Waals surface area contributed by atoms with Gasteiger partial charge in [-0.1, -0.05) is 60.1 Å². The lowest BCUT2D eigenvalue weighted by molar-refractivity contribution is -0.130. The maximum atomic E-state index is 12.3. The second kappa shape index (κ2) is 9.24. The Kier molecular flexibility index (Phi) is 6.05. The van der Waals surface area contributed by atoms with Crippen molar-refractivity contribution >= 4 is 41.6 Å². The van der Waals surface area contributed by atoms with Crippen molar-refractivity contribution in [3.8, 4) is 5.75 Å². The Labute approximate surface area is 183 Å². The molecule has 0 spiro atoms. The molecule has 0 amide bonds. The van der Waals surface area contributed by atoms with Crippen LogP contribution in [0.3, 0.4) is 0 Å². The maximum absolute atomic E-state index is 12.3. The average molecular weight is 430 g/mol. The zero-order chi connectivity index (χ0) is 21.6. The first-order chi connectivity index (χ1) is 15.1. The molecular formula is C25H16ClNO4. The highest BCUT2D eigenvalue weighted by molar-refractivity contribution is 6.30. The summed E-state index contributed by atoms with van der Waals surface area (Å²) in [6.45, 7) is 0. The molecule has 1 aliphatic heterocycles. The van der Waals surface area contributed by atoms with Gasteiger partial charge in [-0.2, -0.15) is 0 Å². The molecule has 4 rings (SSSR count). The van der Waals surface area contributed by atoms with E-state index in [1.165, 1.54) is 12.2 Å². The first kappa shape index (κ1) is 20.3. The minimum Gasteiger partial charge on any atom is -0.423 e. The van der Waals surface area contributed by atoms with E-state index >= 15 is 0 Å². The number of carbonyl (C=O) groups is 2. The van der Waals surface area contributed by atoms with Crippen LogP contribution in [0.5, 0.6) is 5.75 Å². The van der Waals surface area contributed by atoms with E-state index in [1.54, 1.807) is 54.6 Å². The minimum absolute atomic E-state index is 0.105. The molecule has 0 fully saturated rings. The Hall–Kier alpha value is -3.96. The number of carbonyl (C=O) groups excluding carboxylic acids is 2. The van der Waals surface area contributed by atoms with E-state index in [4.69, 9.17) is 21.1 Å². The summed E-state index contributed by atoms with van der Waals surface area (Å²) in [5.41, 5.74) is 2.14. The van der Waals surface area contributed by atoms with E-state index in [0.29, 0.717) is 21.9 Å². The van der Waals surface area contributed by atoms with Gasteiger partial charge in [0.25, 0.3) is 0 Å². The van der Waals surface area contributed by atoms with E-state index in [2.05, 4.69) is 4.99 Å².